The number of rotatable bonds is 4. The van der Waals surface area contributed by atoms with Gasteiger partial charge in [-0.1, -0.05) is 32.0 Å². The van der Waals surface area contributed by atoms with Crippen molar-refractivity contribution in [2.45, 2.75) is 40.5 Å². The fourth-order valence-electron chi connectivity index (χ4n) is 2.71. The summed E-state index contributed by atoms with van der Waals surface area (Å²) in [5.41, 5.74) is 3.92. The molecule has 0 heterocycles. The van der Waals surface area contributed by atoms with E-state index in [1.165, 1.54) is 22.6 Å². The molecule has 0 saturated carbocycles. The van der Waals surface area contributed by atoms with Crippen LogP contribution >= 0.6 is 0 Å². The predicted molar refractivity (Wildman–Crippen MR) is 81.8 cm³/mol. The maximum absolute atomic E-state index is 4.53. The van der Waals surface area contributed by atoms with Crippen molar-refractivity contribution in [3.8, 4) is 0 Å². The number of hydrogen-bond acceptors (Lipinski definition) is 1. The van der Waals surface area contributed by atoms with Crippen LogP contribution in [-0.4, -0.2) is 19.9 Å². The molecule has 0 aliphatic rings. The third-order valence-electron chi connectivity index (χ3n) is 3.70. The highest BCUT2D eigenvalue weighted by Gasteiger charge is 2.19. The average Bonchev–Trinajstić information content (AvgIpc) is 2.35. The summed E-state index contributed by atoms with van der Waals surface area (Å²) in [6.45, 7) is 8.80. The van der Waals surface area contributed by atoms with Crippen molar-refractivity contribution < 1.29 is 0 Å². The van der Waals surface area contributed by atoms with E-state index in [1.807, 2.05) is 7.05 Å². The first-order valence-corrected chi connectivity index (χ1v) is 6.83. The molecule has 0 radical (unpaired) electrons. The van der Waals surface area contributed by atoms with Crippen LogP contribution in [0.3, 0.4) is 0 Å². The van der Waals surface area contributed by atoms with Crippen LogP contribution in [0.25, 0.3) is 0 Å². The highest BCUT2D eigenvalue weighted by molar-refractivity contribution is 6.00. The molecule has 0 spiro atoms. The monoisotopic (exact) mass is 246 g/mol. The Labute approximate surface area is 112 Å². The van der Waals surface area contributed by atoms with Crippen molar-refractivity contribution >= 4 is 11.5 Å². The number of benzene rings is 1. The Morgan fingerprint density at radius 1 is 1.17 bits per heavy atom. The minimum atomic E-state index is 0.541. The largest absolute Gasteiger partial charge is 0.333 e. The SMILES string of the molecule is CCC(CC)C(=NC)N(C)c1c(C)cccc1C. The lowest BCUT2D eigenvalue weighted by atomic mass is 9.99. The van der Waals surface area contributed by atoms with Gasteiger partial charge in [0.2, 0.25) is 0 Å². The molecule has 0 bridgehead atoms. The minimum absolute atomic E-state index is 0.541. The highest BCUT2D eigenvalue weighted by atomic mass is 15.2. The van der Waals surface area contributed by atoms with Crippen LogP contribution in [0.2, 0.25) is 0 Å². The van der Waals surface area contributed by atoms with E-state index < -0.39 is 0 Å². The first kappa shape index (κ1) is 14.7. The summed E-state index contributed by atoms with van der Waals surface area (Å²) in [7, 11) is 4.04. The van der Waals surface area contributed by atoms with Crippen molar-refractivity contribution in [3.63, 3.8) is 0 Å². The Morgan fingerprint density at radius 3 is 2.06 bits per heavy atom. The van der Waals surface area contributed by atoms with E-state index in [2.05, 4.69) is 62.8 Å². The topological polar surface area (TPSA) is 15.6 Å². The molecular formula is C16H26N2. The second-order valence-electron chi connectivity index (χ2n) is 4.89. The normalized spacial score (nSPS) is 12.1. The molecule has 0 fully saturated rings. The average molecular weight is 246 g/mol. The molecule has 0 N–H and O–H groups in total. The maximum atomic E-state index is 4.53. The molecule has 1 aromatic carbocycles. The lowest BCUT2D eigenvalue weighted by Crippen LogP contribution is -2.33. The van der Waals surface area contributed by atoms with Crippen LogP contribution in [0.15, 0.2) is 23.2 Å². The van der Waals surface area contributed by atoms with Gasteiger partial charge < -0.3 is 4.90 Å². The number of hydrogen-bond donors (Lipinski definition) is 0. The molecule has 0 aliphatic heterocycles. The summed E-state index contributed by atoms with van der Waals surface area (Å²) in [5.74, 6) is 1.73. The first-order valence-electron chi connectivity index (χ1n) is 6.83. The van der Waals surface area contributed by atoms with Crippen LogP contribution in [0.4, 0.5) is 5.69 Å². The Morgan fingerprint density at radius 2 is 1.67 bits per heavy atom. The summed E-state index contributed by atoms with van der Waals surface area (Å²) in [5, 5.41) is 0. The van der Waals surface area contributed by atoms with Gasteiger partial charge in [-0.25, -0.2) is 0 Å². The van der Waals surface area contributed by atoms with E-state index in [1.54, 1.807) is 0 Å². The lowest BCUT2D eigenvalue weighted by molar-refractivity contribution is 0.632. The molecule has 0 aromatic heterocycles. The summed E-state index contributed by atoms with van der Waals surface area (Å²) >= 11 is 0. The molecule has 2 heteroatoms. The van der Waals surface area contributed by atoms with Gasteiger partial charge >= 0.3 is 0 Å². The molecule has 0 saturated heterocycles. The molecule has 100 valence electrons. The van der Waals surface area contributed by atoms with Gasteiger partial charge in [0, 0.05) is 25.7 Å². The van der Waals surface area contributed by atoms with Crippen LogP contribution in [0.5, 0.6) is 0 Å². The summed E-state index contributed by atoms with van der Waals surface area (Å²) in [4.78, 5) is 6.80. The molecule has 0 amide bonds. The molecule has 0 atom stereocenters. The van der Waals surface area contributed by atoms with Crippen LogP contribution in [0, 0.1) is 19.8 Å². The van der Waals surface area contributed by atoms with Crippen LogP contribution in [0.1, 0.15) is 37.8 Å². The van der Waals surface area contributed by atoms with Crippen LogP contribution in [-0.2, 0) is 0 Å². The van der Waals surface area contributed by atoms with Crippen molar-refractivity contribution in [1.82, 2.24) is 0 Å². The zero-order chi connectivity index (χ0) is 13.7. The Balaban J connectivity index is 3.16. The zero-order valence-corrected chi connectivity index (χ0v) is 12.6. The van der Waals surface area contributed by atoms with Crippen molar-refractivity contribution in [2.75, 3.05) is 19.0 Å². The molecule has 1 rings (SSSR count). The predicted octanol–water partition coefficient (Wildman–Crippen LogP) is 4.20. The van der Waals surface area contributed by atoms with E-state index in [0.29, 0.717) is 5.92 Å². The van der Waals surface area contributed by atoms with Gasteiger partial charge in [0.05, 0.1) is 0 Å². The maximum Gasteiger partial charge on any atom is 0.106 e. The smallest absolute Gasteiger partial charge is 0.106 e. The van der Waals surface area contributed by atoms with E-state index in [4.69, 9.17) is 0 Å². The Bertz CT molecular complexity index is 397. The molecule has 2 nitrogen and oxygen atoms in total. The molecule has 1 aromatic rings. The van der Waals surface area contributed by atoms with Gasteiger partial charge in [-0.2, -0.15) is 0 Å². The zero-order valence-electron chi connectivity index (χ0n) is 12.6. The number of nitrogens with zero attached hydrogens (tertiary/aromatic N) is 2. The molecule has 0 unspecified atom stereocenters. The van der Waals surface area contributed by atoms with E-state index >= 15 is 0 Å². The fraction of sp³-hybridized carbons (Fsp3) is 0.562. The van der Waals surface area contributed by atoms with Crippen molar-refractivity contribution in [1.29, 1.82) is 0 Å². The molecule has 18 heavy (non-hydrogen) atoms. The number of para-hydroxylation sites is 1. The summed E-state index contributed by atoms with van der Waals surface area (Å²) in [6.07, 6.45) is 2.27. The molecule has 0 aliphatic carbocycles. The lowest BCUT2D eigenvalue weighted by Gasteiger charge is -2.29. The Hall–Kier alpha value is -1.31. The standard InChI is InChI=1S/C16H26N2/c1-7-14(8-2)16(17-5)18(6)15-12(3)10-9-11-13(15)4/h9-11,14H,7-8H2,1-6H3. The van der Waals surface area contributed by atoms with Crippen LogP contribution < -0.4 is 4.90 Å². The highest BCUT2D eigenvalue weighted by Crippen LogP contribution is 2.26. The van der Waals surface area contributed by atoms with E-state index in [0.717, 1.165) is 12.8 Å². The summed E-state index contributed by atoms with van der Waals surface area (Å²) < 4.78 is 0. The second-order valence-corrected chi connectivity index (χ2v) is 4.89. The van der Waals surface area contributed by atoms with Gasteiger partial charge in [0.25, 0.3) is 0 Å². The second kappa shape index (κ2) is 6.58. The third-order valence-corrected chi connectivity index (χ3v) is 3.70. The van der Waals surface area contributed by atoms with Gasteiger partial charge in [0.15, 0.2) is 0 Å². The van der Waals surface area contributed by atoms with Gasteiger partial charge in [-0.05, 0) is 37.8 Å². The van der Waals surface area contributed by atoms with Crippen molar-refractivity contribution in [2.24, 2.45) is 10.9 Å². The number of anilines is 1. The number of amidine groups is 1. The third kappa shape index (κ3) is 2.92. The first-order chi connectivity index (χ1) is 8.56. The van der Waals surface area contributed by atoms with Crippen molar-refractivity contribution in [3.05, 3.63) is 29.3 Å². The van der Waals surface area contributed by atoms with Gasteiger partial charge in [-0.3, -0.25) is 4.99 Å². The quantitative estimate of drug-likeness (QED) is 0.574. The molecular weight excluding hydrogens is 220 g/mol. The Kier molecular flexibility index (Phi) is 5.39. The summed E-state index contributed by atoms with van der Waals surface area (Å²) in [6, 6.07) is 6.44. The minimum Gasteiger partial charge on any atom is -0.333 e. The number of aryl methyl sites for hydroxylation is 2. The van der Waals surface area contributed by atoms with E-state index in [-0.39, 0.29) is 0 Å². The fourth-order valence-corrected chi connectivity index (χ4v) is 2.71. The van der Waals surface area contributed by atoms with Gasteiger partial charge in [-0.15, -0.1) is 0 Å². The van der Waals surface area contributed by atoms with Gasteiger partial charge in [0.1, 0.15) is 5.84 Å². The number of aliphatic imine (C=N–C) groups is 1. The van der Waals surface area contributed by atoms with E-state index in [9.17, 15) is 0 Å².